The van der Waals surface area contributed by atoms with E-state index < -0.39 is 12.0 Å². The van der Waals surface area contributed by atoms with Gasteiger partial charge in [0.15, 0.2) is 0 Å². The lowest BCUT2D eigenvalue weighted by Gasteiger charge is -2.44. The molecule has 1 aromatic heterocycles. The number of nitrogens with zero attached hydrogens (tertiary/aromatic N) is 3. The average molecular weight is 358 g/mol. The van der Waals surface area contributed by atoms with Gasteiger partial charge in [0, 0.05) is 13.6 Å². The third-order valence-corrected chi connectivity index (χ3v) is 5.38. The van der Waals surface area contributed by atoms with E-state index in [-0.39, 0.29) is 5.41 Å². The molecule has 1 saturated heterocycles. The maximum absolute atomic E-state index is 11.7. The van der Waals surface area contributed by atoms with Gasteiger partial charge in [-0.15, -0.1) is 0 Å². The summed E-state index contributed by atoms with van der Waals surface area (Å²) in [6, 6.07) is -0.446. The molecule has 0 aliphatic carbocycles. The third-order valence-electron chi connectivity index (χ3n) is 4.46. The van der Waals surface area contributed by atoms with Crippen molar-refractivity contribution in [1.82, 2.24) is 14.7 Å². The van der Waals surface area contributed by atoms with Crippen LogP contribution in [0.3, 0.4) is 0 Å². The molecule has 0 spiro atoms. The van der Waals surface area contributed by atoms with Crippen LogP contribution in [0, 0.1) is 5.41 Å². The maximum atomic E-state index is 11.7. The molecule has 0 aromatic carbocycles. The number of rotatable bonds is 4. The van der Waals surface area contributed by atoms with Crippen LogP contribution in [0.25, 0.3) is 0 Å². The van der Waals surface area contributed by atoms with E-state index >= 15 is 0 Å². The largest absolute Gasteiger partial charge is 0.480 e. The van der Waals surface area contributed by atoms with Gasteiger partial charge >= 0.3 is 5.97 Å². The van der Waals surface area contributed by atoms with Crippen LogP contribution in [0.15, 0.2) is 4.47 Å². The summed E-state index contributed by atoms with van der Waals surface area (Å²) in [4.78, 5) is 13.8. The van der Waals surface area contributed by atoms with Gasteiger partial charge in [0.05, 0.1) is 15.9 Å². The molecule has 1 unspecified atom stereocenters. The molecule has 5 nitrogen and oxygen atoms in total. The lowest BCUT2D eigenvalue weighted by Crippen LogP contribution is -2.53. The van der Waals surface area contributed by atoms with Crippen molar-refractivity contribution < 1.29 is 9.90 Å². The fraction of sp³-hybridized carbons (Fsp3) is 0.733. The maximum Gasteiger partial charge on any atom is 0.321 e. The van der Waals surface area contributed by atoms with E-state index in [4.69, 9.17) is 0 Å². The zero-order valence-electron chi connectivity index (χ0n) is 13.2. The minimum Gasteiger partial charge on any atom is -0.480 e. The monoisotopic (exact) mass is 357 g/mol. The van der Waals surface area contributed by atoms with Crippen LogP contribution in [-0.4, -0.2) is 38.3 Å². The summed E-state index contributed by atoms with van der Waals surface area (Å²) in [7, 11) is 1.92. The molecule has 2 rings (SSSR count). The van der Waals surface area contributed by atoms with Crippen LogP contribution in [-0.2, 0) is 24.8 Å². The number of carbonyl (C=O) groups is 1. The summed E-state index contributed by atoms with van der Waals surface area (Å²) in [5.74, 6) is -0.728. The number of hydrogen-bond donors (Lipinski definition) is 1. The van der Waals surface area contributed by atoms with Gasteiger partial charge in [-0.2, -0.15) is 5.10 Å². The number of aryl methyl sites for hydroxylation is 2. The van der Waals surface area contributed by atoms with Crippen molar-refractivity contribution >= 4 is 21.9 Å². The van der Waals surface area contributed by atoms with Crippen molar-refractivity contribution in [3.8, 4) is 0 Å². The summed E-state index contributed by atoms with van der Waals surface area (Å²) in [6.07, 6.45) is 2.85. The highest BCUT2D eigenvalue weighted by Crippen LogP contribution is 2.36. The molecular formula is C15H24BrN3O2. The van der Waals surface area contributed by atoms with Crippen LogP contribution in [0.1, 0.15) is 45.0 Å². The van der Waals surface area contributed by atoms with E-state index in [1.807, 2.05) is 25.6 Å². The second-order valence-corrected chi connectivity index (χ2v) is 7.28. The summed E-state index contributed by atoms with van der Waals surface area (Å²) < 4.78 is 2.88. The first-order valence-electron chi connectivity index (χ1n) is 7.45. The minimum absolute atomic E-state index is 0.206. The zero-order valence-corrected chi connectivity index (χ0v) is 14.8. The molecule has 1 aliphatic rings. The fourth-order valence-corrected chi connectivity index (χ4v) is 4.08. The van der Waals surface area contributed by atoms with E-state index in [1.165, 1.54) is 0 Å². The Morgan fingerprint density at radius 2 is 2.19 bits per heavy atom. The molecule has 1 aliphatic heterocycles. The Kier molecular flexibility index (Phi) is 4.78. The van der Waals surface area contributed by atoms with Gasteiger partial charge in [-0.05, 0) is 47.2 Å². The standard InChI is InChI=1S/C15H24BrN3O2/c1-5-10-12(16)11(18(4)17-10)9-19-8-6-7-15(2,3)13(19)14(20)21/h13H,5-9H2,1-4H3,(H,20,21). The van der Waals surface area contributed by atoms with Gasteiger partial charge in [-0.1, -0.05) is 20.8 Å². The van der Waals surface area contributed by atoms with Gasteiger partial charge < -0.3 is 5.11 Å². The van der Waals surface area contributed by atoms with E-state index in [9.17, 15) is 9.90 Å². The Morgan fingerprint density at radius 1 is 1.52 bits per heavy atom. The number of aliphatic carboxylic acids is 1. The first kappa shape index (κ1) is 16.5. The lowest BCUT2D eigenvalue weighted by molar-refractivity contribution is -0.151. The molecule has 1 atom stereocenters. The number of likely N-dealkylation sites (tertiary alicyclic amines) is 1. The van der Waals surface area contributed by atoms with Crippen molar-refractivity contribution in [3.63, 3.8) is 0 Å². The predicted octanol–water partition coefficient (Wildman–Crippen LogP) is 2.82. The molecule has 0 bridgehead atoms. The molecule has 2 heterocycles. The van der Waals surface area contributed by atoms with Gasteiger partial charge in [0.25, 0.3) is 0 Å². The quantitative estimate of drug-likeness (QED) is 0.899. The van der Waals surface area contributed by atoms with Crippen LogP contribution in [0.4, 0.5) is 0 Å². The summed E-state index contributed by atoms with van der Waals surface area (Å²) in [5, 5.41) is 14.1. The number of halogens is 1. The molecule has 6 heteroatoms. The van der Waals surface area contributed by atoms with Crippen molar-refractivity contribution in [2.24, 2.45) is 12.5 Å². The predicted molar refractivity (Wildman–Crippen MR) is 85.1 cm³/mol. The zero-order chi connectivity index (χ0) is 15.8. The molecule has 21 heavy (non-hydrogen) atoms. The van der Waals surface area contributed by atoms with Crippen molar-refractivity contribution in [2.45, 2.75) is 52.6 Å². The van der Waals surface area contributed by atoms with E-state index in [2.05, 4.69) is 32.9 Å². The van der Waals surface area contributed by atoms with Crippen LogP contribution in [0.2, 0.25) is 0 Å². The molecule has 118 valence electrons. The topological polar surface area (TPSA) is 58.4 Å². The normalized spacial score (nSPS) is 22.4. The average Bonchev–Trinajstić information content (AvgIpc) is 2.64. The van der Waals surface area contributed by atoms with E-state index in [0.29, 0.717) is 6.54 Å². The highest BCUT2D eigenvalue weighted by molar-refractivity contribution is 9.10. The second kappa shape index (κ2) is 6.08. The highest BCUT2D eigenvalue weighted by Gasteiger charge is 2.42. The van der Waals surface area contributed by atoms with Crippen LogP contribution in [0.5, 0.6) is 0 Å². The molecule has 1 N–H and O–H groups in total. The van der Waals surface area contributed by atoms with E-state index in [1.54, 1.807) is 0 Å². The van der Waals surface area contributed by atoms with E-state index in [0.717, 1.165) is 41.7 Å². The number of piperidine rings is 1. The van der Waals surface area contributed by atoms with Crippen molar-refractivity contribution in [2.75, 3.05) is 6.54 Å². The third kappa shape index (κ3) is 3.16. The second-order valence-electron chi connectivity index (χ2n) is 6.49. The summed E-state index contributed by atoms with van der Waals surface area (Å²) >= 11 is 3.62. The fourth-order valence-electron chi connectivity index (χ4n) is 3.34. The Balaban J connectivity index is 2.29. The molecular weight excluding hydrogens is 334 g/mol. The first-order valence-corrected chi connectivity index (χ1v) is 8.24. The van der Waals surface area contributed by atoms with Gasteiger partial charge in [0.2, 0.25) is 0 Å². The first-order chi connectivity index (χ1) is 9.77. The number of hydrogen-bond acceptors (Lipinski definition) is 3. The Bertz CT molecular complexity index is 539. The van der Waals surface area contributed by atoms with Crippen molar-refractivity contribution in [1.29, 1.82) is 0 Å². The molecule has 0 amide bonds. The minimum atomic E-state index is -0.728. The van der Waals surface area contributed by atoms with Gasteiger partial charge in [-0.3, -0.25) is 14.4 Å². The molecule has 1 aromatic rings. The number of aromatic nitrogens is 2. The number of carboxylic acids is 1. The highest BCUT2D eigenvalue weighted by atomic mass is 79.9. The van der Waals surface area contributed by atoms with Gasteiger partial charge in [0.1, 0.15) is 6.04 Å². The van der Waals surface area contributed by atoms with Crippen LogP contribution >= 0.6 is 15.9 Å². The smallest absolute Gasteiger partial charge is 0.321 e. The van der Waals surface area contributed by atoms with Crippen LogP contribution < -0.4 is 0 Å². The summed E-state index contributed by atoms with van der Waals surface area (Å²) in [5.41, 5.74) is 1.87. The Labute approximate surface area is 134 Å². The molecule has 1 fully saturated rings. The summed E-state index contributed by atoms with van der Waals surface area (Å²) in [6.45, 7) is 7.60. The molecule has 0 saturated carbocycles. The lowest BCUT2D eigenvalue weighted by atomic mass is 9.76. The SMILES string of the molecule is CCc1nn(C)c(CN2CCCC(C)(C)C2C(=O)O)c1Br. The Morgan fingerprint density at radius 3 is 2.71 bits per heavy atom. The van der Waals surface area contributed by atoms with Crippen molar-refractivity contribution in [3.05, 3.63) is 15.9 Å². The number of carboxylic acid groups (broad SMARTS) is 1. The Hall–Kier alpha value is -0.880. The van der Waals surface area contributed by atoms with Gasteiger partial charge in [-0.25, -0.2) is 0 Å². The molecule has 0 radical (unpaired) electrons.